The largest absolute Gasteiger partial charge is 0.361 e. The van der Waals surface area contributed by atoms with Crippen LogP contribution in [0.5, 0.6) is 0 Å². The average Bonchev–Trinajstić information content (AvgIpc) is 3.29. The van der Waals surface area contributed by atoms with Crippen molar-refractivity contribution in [1.29, 1.82) is 0 Å². The van der Waals surface area contributed by atoms with E-state index in [1.54, 1.807) is 36.5 Å². The predicted molar refractivity (Wildman–Crippen MR) is 110 cm³/mol. The van der Waals surface area contributed by atoms with Crippen LogP contribution in [0.25, 0.3) is 0 Å². The number of aromatic nitrogens is 2. The number of aryl methyl sites for hydroxylation is 1. The van der Waals surface area contributed by atoms with Gasteiger partial charge in [-0.15, -0.1) is 0 Å². The molecule has 2 aromatic heterocycles. The van der Waals surface area contributed by atoms with Gasteiger partial charge in [0.1, 0.15) is 5.76 Å². The molecule has 0 atom stereocenters. The van der Waals surface area contributed by atoms with Crippen LogP contribution in [0.15, 0.2) is 64.1 Å². The third-order valence-electron chi connectivity index (χ3n) is 5.22. The predicted octanol–water partition coefficient (Wildman–Crippen LogP) is 2.73. The molecule has 0 saturated carbocycles. The van der Waals surface area contributed by atoms with Crippen molar-refractivity contribution in [3.8, 4) is 0 Å². The Bertz CT molecular complexity index is 1040. The molecule has 1 aliphatic heterocycles. The van der Waals surface area contributed by atoms with Crippen LogP contribution in [0.4, 0.5) is 0 Å². The van der Waals surface area contributed by atoms with Crippen LogP contribution < -0.4 is 0 Å². The lowest BCUT2D eigenvalue weighted by atomic mass is 10.3. The van der Waals surface area contributed by atoms with Crippen LogP contribution in [-0.2, 0) is 23.1 Å². The number of hydrogen-bond donors (Lipinski definition) is 0. The summed E-state index contributed by atoms with van der Waals surface area (Å²) in [6.07, 6.45) is 2.66. The summed E-state index contributed by atoms with van der Waals surface area (Å²) in [4.78, 5) is 5.00. The second-order valence-corrected chi connectivity index (χ2v) is 9.26. The summed E-state index contributed by atoms with van der Waals surface area (Å²) >= 11 is 0. The van der Waals surface area contributed by atoms with Crippen molar-refractivity contribution in [3.05, 3.63) is 71.9 Å². The molecule has 154 valence electrons. The van der Waals surface area contributed by atoms with Gasteiger partial charge in [0.05, 0.1) is 10.6 Å². The van der Waals surface area contributed by atoms with Gasteiger partial charge in [-0.3, -0.25) is 9.80 Å². The monoisotopic (exact) mass is 414 g/mol. The maximum atomic E-state index is 13.0. The Hall–Kier alpha value is -2.42. The lowest BCUT2D eigenvalue weighted by molar-refractivity contribution is 0.240. The van der Waals surface area contributed by atoms with Gasteiger partial charge in [0, 0.05) is 44.1 Å². The molecule has 1 aromatic carbocycles. The second kappa shape index (κ2) is 8.52. The van der Waals surface area contributed by atoms with Gasteiger partial charge < -0.3 is 4.52 Å². The highest BCUT2D eigenvalue weighted by Gasteiger charge is 2.22. The van der Waals surface area contributed by atoms with Gasteiger partial charge in [-0.25, -0.2) is 12.4 Å². The van der Waals surface area contributed by atoms with Gasteiger partial charge in [-0.2, -0.15) is 0 Å². The lowest BCUT2D eigenvalue weighted by Gasteiger charge is -2.22. The van der Waals surface area contributed by atoms with Crippen LogP contribution in [-0.4, -0.2) is 53.5 Å². The minimum Gasteiger partial charge on any atom is -0.361 e. The van der Waals surface area contributed by atoms with Gasteiger partial charge in [0.25, 0.3) is 10.0 Å². The van der Waals surface area contributed by atoms with Crippen molar-refractivity contribution in [2.24, 2.45) is 0 Å². The van der Waals surface area contributed by atoms with E-state index in [4.69, 9.17) is 4.52 Å². The van der Waals surface area contributed by atoms with E-state index in [0.717, 1.165) is 56.3 Å². The molecule has 3 aromatic rings. The highest BCUT2D eigenvalue weighted by atomic mass is 32.2. The first-order valence-electron chi connectivity index (χ1n) is 9.86. The molecular formula is C21H26N4O3S. The SMILES string of the molecule is Cc1cc(CN2CCCN(Cc3cccn3S(=O)(=O)c3ccccc3)CC2)no1. The molecular weight excluding hydrogens is 388 g/mol. The number of benzene rings is 1. The Morgan fingerprint density at radius 3 is 2.38 bits per heavy atom. The maximum Gasteiger partial charge on any atom is 0.267 e. The first kappa shape index (κ1) is 19.9. The fourth-order valence-corrected chi connectivity index (χ4v) is 5.14. The van der Waals surface area contributed by atoms with Crippen LogP contribution in [0.3, 0.4) is 0 Å². The number of rotatable bonds is 6. The van der Waals surface area contributed by atoms with E-state index >= 15 is 0 Å². The van der Waals surface area contributed by atoms with Crippen LogP contribution >= 0.6 is 0 Å². The van der Waals surface area contributed by atoms with Gasteiger partial charge in [0.15, 0.2) is 0 Å². The molecule has 0 aliphatic carbocycles. The third kappa shape index (κ3) is 4.60. The molecule has 0 bridgehead atoms. The highest BCUT2D eigenvalue weighted by molar-refractivity contribution is 7.90. The van der Waals surface area contributed by atoms with Crippen molar-refractivity contribution in [3.63, 3.8) is 0 Å². The molecule has 1 saturated heterocycles. The molecule has 0 unspecified atom stereocenters. The lowest BCUT2D eigenvalue weighted by Crippen LogP contribution is -2.31. The Morgan fingerprint density at radius 2 is 1.69 bits per heavy atom. The molecule has 1 aliphatic rings. The molecule has 1 fully saturated rings. The molecule has 3 heterocycles. The zero-order valence-corrected chi connectivity index (χ0v) is 17.4. The summed E-state index contributed by atoms with van der Waals surface area (Å²) < 4.78 is 32.6. The molecule has 0 radical (unpaired) electrons. The summed E-state index contributed by atoms with van der Waals surface area (Å²) in [5.74, 6) is 0.830. The van der Waals surface area contributed by atoms with E-state index in [1.807, 2.05) is 25.1 Å². The van der Waals surface area contributed by atoms with Crippen molar-refractivity contribution in [2.45, 2.75) is 31.3 Å². The van der Waals surface area contributed by atoms with Gasteiger partial charge in [-0.05, 0) is 50.7 Å². The fraction of sp³-hybridized carbons (Fsp3) is 0.381. The minimum absolute atomic E-state index is 0.308. The normalized spacial score (nSPS) is 16.7. The zero-order valence-electron chi connectivity index (χ0n) is 16.6. The fourth-order valence-electron chi connectivity index (χ4n) is 3.76. The number of hydrogen-bond acceptors (Lipinski definition) is 6. The van der Waals surface area contributed by atoms with Crippen LogP contribution in [0.1, 0.15) is 23.6 Å². The Kier molecular flexibility index (Phi) is 5.84. The smallest absolute Gasteiger partial charge is 0.267 e. The van der Waals surface area contributed by atoms with Gasteiger partial charge >= 0.3 is 0 Å². The molecule has 7 nitrogen and oxygen atoms in total. The Morgan fingerprint density at radius 1 is 0.966 bits per heavy atom. The molecule has 29 heavy (non-hydrogen) atoms. The third-order valence-corrected chi connectivity index (χ3v) is 6.96. The van der Waals surface area contributed by atoms with E-state index in [2.05, 4.69) is 15.0 Å². The summed E-state index contributed by atoms with van der Waals surface area (Å²) in [5, 5.41) is 4.09. The van der Waals surface area contributed by atoms with Crippen LogP contribution in [0, 0.1) is 6.92 Å². The number of nitrogens with zero attached hydrogens (tertiary/aromatic N) is 4. The first-order chi connectivity index (χ1) is 14.0. The van der Waals surface area contributed by atoms with Gasteiger partial charge in [0.2, 0.25) is 0 Å². The molecule has 4 rings (SSSR count). The molecule has 0 amide bonds. The van der Waals surface area contributed by atoms with E-state index in [9.17, 15) is 8.42 Å². The van der Waals surface area contributed by atoms with Crippen molar-refractivity contribution >= 4 is 10.0 Å². The molecule has 0 spiro atoms. The van der Waals surface area contributed by atoms with E-state index in [-0.39, 0.29) is 0 Å². The van der Waals surface area contributed by atoms with E-state index in [1.165, 1.54) is 3.97 Å². The molecule has 0 N–H and O–H groups in total. The maximum absolute atomic E-state index is 13.0. The topological polar surface area (TPSA) is 71.6 Å². The summed E-state index contributed by atoms with van der Waals surface area (Å²) in [6.45, 7) is 7.02. The summed E-state index contributed by atoms with van der Waals surface area (Å²) in [6, 6.07) is 14.2. The van der Waals surface area contributed by atoms with Gasteiger partial charge in [-0.1, -0.05) is 23.4 Å². The van der Waals surface area contributed by atoms with Crippen molar-refractivity contribution in [1.82, 2.24) is 18.9 Å². The minimum atomic E-state index is -3.57. The molecule has 8 heteroatoms. The second-order valence-electron chi connectivity index (χ2n) is 7.45. The summed E-state index contributed by atoms with van der Waals surface area (Å²) in [7, 11) is -3.57. The Labute approximate surface area is 171 Å². The summed E-state index contributed by atoms with van der Waals surface area (Å²) in [5.41, 5.74) is 1.74. The highest BCUT2D eigenvalue weighted by Crippen LogP contribution is 2.18. The standard InChI is InChI=1S/C21H26N4O3S/c1-18-15-19(22-28-18)16-23-10-6-11-24(14-13-23)17-20-7-5-12-25(20)29(26,27)21-8-3-2-4-9-21/h2-5,7-9,12,15H,6,10-11,13-14,16-17H2,1H3. The van der Waals surface area contributed by atoms with E-state index < -0.39 is 10.0 Å². The quantitative estimate of drug-likeness (QED) is 0.618. The zero-order chi connectivity index (χ0) is 20.3. The first-order valence-corrected chi connectivity index (χ1v) is 11.3. The Balaban J connectivity index is 1.42. The van der Waals surface area contributed by atoms with Crippen molar-refractivity contribution in [2.75, 3.05) is 26.2 Å². The van der Waals surface area contributed by atoms with Crippen molar-refractivity contribution < 1.29 is 12.9 Å². The van der Waals surface area contributed by atoms with Crippen LogP contribution in [0.2, 0.25) is 0 Å². The van der Waals surface area contributed by atoms with E-state index in [0.29, 0.717) is 11.4 Å². The average molecular weight is 415 g/mol.